The van der Waals surface area contributed by atoms with Crippen molar-refractivity contribution in [3.8, 4) is 11.8 Å². The van der Waals surface area contributed by atoms with Crippen LogP contribution in [0.4, 0.5) is 5.69 Å². The molecule has 5 nitrogen and oxygen atoms in total. The summed E-state index contributed by atoms with van der Waals surface area (Å²) < 4.78 is 5.47. The Morgan fingerprint density at radius 1 is 1.39 bits per heavy atom. The molecule has 1 heterocycles. The lowest BCUT2D eigenvalue weighted by molar-refractivity contribution is -0.121. The SMILES string of the molecule is C=CCN1C(=O)COc2ccc(C(=O)C(C)SCc3cccc(C#N)c3)cc21. The monoisotopic (exact) mass is 392 g/mol. The van der Waals surface area contributed by atoms with E-state index in [1.165, 1.54) is 11.8 Å². The summed E-state index contributed by atoms with van der Waals surface area (Å²) in [6.07, 6.45) is 1.65. The number of hydrogen-bond acceptors (Lipinski definition) is 5. The number of thioether (sulfide) groups is 1. The molecule has 142 valence electrons. The third-order valence-electron chi connectivity index (χ3n) is 4.42. The minimum atomic E-state index is -0.267. The zero-order chi connectivity index (χ0) is 20.1. The first-order valence-corrected chi connectivity index (χ1v) is 9.91. The topological polar surface area (TPSA) is 70.4 Å². The van der Waals surface area contributed by atoms with Crippen LogP contribution in [0.15, 0.2) is 55.1 Å². The quantitative estimate of drug-likeness (QED) is 0.527. The second-order valence-corrected chi connectivity index (χ2v) is 7.72. The maximum Gasteiger partial charge on any atom is 0.265 e. The molecule has 1 amide bonds. The highest BCUT2D eigenvalue weighted by Gasteiger charge is 2.26. The van der Waals surface area contributed by atoms with Gasteiger partial charge in [-0.2, -0.15) is 5.26 Å². The van der Waals surface area contributed by atoms with Crippen LogP contribution in [-0.2, 0) is 10.5 Å². The van der Waals surface area contributed by atoms with E-state index in [4.69, 9.17) is 10.00 Å². The lowest BCUT2D eigenvalue weighted by Crippen LogP contribution is -2.39. The first-order chi connectivity index (χ1) is 13.5. The van der Waals surface area contributed by atoms with Gasteiger partial charge in [0, 0.05) is 17.9 Å². The smallest absolute Gasteiger partial charge is 0.265 e. The molecule has 2 aromatic carbocycles. The van der Waals surface area contributed by atoms with Crippen LogP contribution in [0.25, 0.3) is 0 Å². The van der Waals surface area contributed by atoms with E-state index < -0.39 is 0 Å². The molecule has 0 fully saturated rings. The molecule has 2 aromatic rings. The summed E-state index contributed by atoms with van der Waals surface area (Å²) in [7, 11) is 0. The molecule has 0 saturated carbocycles. The van der Waals surface area contributed by atoms with Gasteiger partial charge in [-0.05, 0) is 42.8 Å². The molecule has 0 aromatic heterocycles. The molecule has 1 unspecified atom stereocenters. The van der Waals surface area contributed by atoms with Crippen molar-refractivity contribution < 1.29 is 14.3 Å². The number of hydrogen-bond donors (Lipinski definition) is 0. The standard InChI is InChI=1S/C22H20N2O3S/c1-3-9-24-19-11-18(7-8-20(19)27-13-21(24)25)22(26)15(2)28-14-17-6-4-5-16(10-17)12-23/h3-8,10-11,15H,1,9,13-14H2,2H3. The number of nitriles is 1. The molecule has 3 rings (SSSR count). The van der Waals surface area contributed by atoms with Crippen LogP contribution >= 0.6 is 11.8 Å². The third-order valence-corrected chi connectivity index (χ3v) is 5.64. The van der Waals surface area contributed by atoms with Crippen molar-refractivity contribution >= 4 is 29.1 Å². The number of ether oxygens (including phenoxy) is 1. The zero-order valence-corrected chi connectivity index (χ0v) is 16.4. The Balaban J connectivity index is 1.74. The highest BCUT2D eigenvalue weighted by molar-refractivity contribution is 7.99. The van der Waals surface area contributed by atoms with Gasteiger partial charge in [-0.15, -0.1) is 18.3 Å². The molecule has 0 bridgehead atoms. The van der Waals surface area contributed by atoms with Crippen molar-refractivity contribution in [3.63, 3.8) is 0 Å². The molecule has 28 heavy (non-hydrogen) atoms. The molecular formula is C22H20N2O3S. The summed E-state index contributed by atoms with van der Waals surface area (Å²) in [4.78, 5) is 26.6. The van der Waals surface area contributed by atoms with Gasteiger partial charge in [-0.1, -0.05) is 18.2 Å². The van der Waals surface area contributed by atoms with E-state index in [0.717, 1.165) is 5.56 Å². The van der Waals surface area contributed by atoms with E-state index in [1.807, 2.05) is 25.1 Å². The molecule has 0 radical (unpaired) electrons. The fourth-order valence-corrected chi connectivity index (χ4v) is 3.86. The van der Waals surface area contributed by atoms with Crippen LogP contribution in [0.2, 0.25) is 0 Å². The molecule has 1 aliphatic heterocycles. The minimum Gasteiger partial charge on any atom is -0.482 e. The molecule has 1 aliphatic rings. The number of carbonyl (C=O) groups is 2. The lowest BCUT2D eigenvalue weighted by atomic mass is 10.1. The van der Waals surface area contributed by atoms with Crippen LogP contribution in [0.1, 0.15) is 28.4 Å². The van der Waals surface area contributed by atoms with Crippen molar-refractivity contribution in [3.05, 3.63) is 71.8 Å². The van der Waals surface area contributed by atoms with Gasteiger partial charge in [-0.25, -0.2) is 0 Å². The molecule has 0 saturated heterocycles. The summed E-state index contributed by atoms with van der Waals surface area (Å²) in [6, 6.07) is 14.7. The van der Waals surface area contributed by atoms with Crippen molar-refractivity contribution in [2.45, 2.75) is 17.9 Å². The molecule has 0 aliphatic carbocycles. The van der Waals surface area contributed by atoms with Crippen molar-refractivity contribution in [2.75, 3.05) is 18.1 Å². The van der Waals surface area contributed by atoms with Gasteiger partial charge < -0.3 is 9.64 Å². The van der Waals surface area contributed by atoms with Gasteiger partial charge in [0.1, 0.15) is 5.75 Å². The van der Waals surface area contributed by atoms with E-state index in [2.05, 4.69) is 12.6 Å². The van der Waals surface area contributed by atoms with Gasteiger partial charge in [0.05, 0.1) is 22.6 Å². The Hall–Kier alpha value is -3.04. The number of fused-ring (bicyclic) bond motifs is 1. The van der Waals surface area contributed by atoms with Gasteiger partial charge in [0.15, 0.2) is 12.4 Å². The van der Waals surface area contributed by atoms with Gasteiger partial charge in [0.2, 0.25) is 0 Å². The number of ketones is 1. The molecular weight excluding hydrogens is 372 g/mol. The van der Waals surface area contributed by atoms with Crippen molar-refractivity contribution in [2.24, 2.45) is 0 Å². The van der Waals surface area contributed by atoms with Crippen molar-refractivity contribution in [1.29, 1.82) is 5.26 Å². The van der Waals surface area contributed by atoms with Gasteiger partial charge in [0.25, 0.3) is 5.91 Å². The van der Waals surface area contributed by atoms with Gasteiger partial charge >= 0.3 is 0 Å². The molecule has 0 spiro atoms. The van der Waals surface area contributed by atoms with Crippen LogP contribution < -0.4 is 9.64 Å². The fraction of sp³-hybridized carbons (Fsp3) is 0.227. The lowest BCUT2D eigenvalue weighted by Gasteiger charge is -2.29. The predicted octanol–water partition coefficient (Wildman–Crippen LogP) is 3.97. The third kappa shape index (κ3) is 4.26. The van der Waals surface area contributed by atoms with E-state index in [9.17, 15) is 9.59 Å². The largest absolute Gasteiger partial charge is 0.482 e. The number of rotatable bonds is 7. The Morgan fingerprint density at radius 3 is 2.96 bits per heavy atom. The number of nitrogens with zero attached hydrogens (tertiary/aromatic N) is 2. The molecule has 1 atom stereocenters. The van der Waals surface area contributed by atoms with Crippen molar-refractivity contribution in [1.82, 2.24) is 0 Å². The summed E-state index contributed by atoms with van der Waals surface area (Å²) in [5, 5.41) is 8.73. The van der Waals surface area contributed by atoms with E-state index >= 15 is 0 Å². The highest BCUT2D eigenvalue weighted by atomic mass is 32.2. The second-order valence-electron chi connectivity index (χ2n) is 6.39. The van der Waals surface area contributed by atoms with E-state index in [1.54, 1.807) is 35.2 Å². The first-order valence-electron chi connectivity index (χ1n) is 8.86. The van der Waals surface area contributed by atoms with Crippen LogP contribution in [0.3, 0.4) is 0 Å². The number of anilines is 1. The summed E-state index contributed by atoms with van der Waals surface area (Å²) in [5.41, 5.74) is 2.75. The molecule has 6 heteroatoms. The van der Waals surface area contributed by atoms with Crippen LogP contribution in [-0.4, -0.2) is 30.1 Å². The normalized spacial score (nSPS) is 13.9. The average Bonchev–Trinajstić information content (AvgIpc) is 2.73. The Labute approximate surface area is 168 Å². The Kier molecular flexibility index (Phi) is 6.17. The predicted molar refractivity (Wildman–Crippen MR) is 111 cm³/mol. The second kappa shape index (κ2) is 8.77. The van der Waals surface area contributed by atoms with E-state index in [0.29, 0.717) is 34.9 Å². The summed E-state index contributed by atoms with van der Waals surface area (Å²) in [5.74, 6) is 1.06. The van der Waals surface area contributed by atoms with Gasteiger partial charge in [-0.3, -0.25) is 9.59 Å². The maximum atomic E-state index is 12.9. The number of carbonyl (C=O) groups excluding carboxylic acids is 2. The van der Waals surface area contributed by atoms with E-state index in [-0.39, 0.29) is 23.5 Å². The summed E-state index contributed by atoms with van der Waals surface area (Å²) >= 11 is 1.51. The number of Topliss-reactive ketones (excluding diaryl/α,β-unsaturated/α-hetero) is 1. The molecule has 0 N–H and O–H groups in total. The Morgan fingerprint density at radius 2 is 2.21 bits per heavy atom. The Bertz CT molecular complexity index is 964. The summed E-state index contributed by atoms with van der Waals surface area (Å²) in [6.45, 7) is 5.91. The zero-order valence-electron chi connectivity index (χ0n) is 15.6. The maximum absolute atomic E-state index is 12.9. The minimum absolute atomic E-state index is 0.0118. The van der Waals surface area contributed by atoms with Crippen LogP contribution in [0.5, 0.6) is 5.75 Å². The fourth-order valence-electron chi connectivity index (χ4n) is 2.95. The average molecular weight is 392 g/mol. The number of benzene rings is 2. The van der Waals surface area contributed by atoms with Crippen LogP contribution in [0, 0.1) is 11.3 Å². The number of amides is 1. The highest BCUT2D eigenvalue weighted by Crippen LogP contribution is 2.34. The first kappa shape index (κ1) is 19.7.